The molecule has 2 heterocycles. The Kier molecular flexibility index (Phi) is 5.87. The number of hydrogen-bond donors (Lipinski definition) is 0. The molecule has 4 rings (SSSR count). The van der Waals surface area contributed by atoms with E-state index in [0.29, 0.717) is 25.3 Å². The Morgan fingerprint density at radius 2 is 1.59 bits per heavy atom. The molecule has 0 unspecified atom stereocenters. The van der Waals surface area contributed by atoms with Gasteiger partial charge in [-0.15, -0.1) is 0 Å². The van der Waals surface area contributed by atoms with Crippen LogP contribution in [0.3, 0.4) is 0 Å². The maximum Gasteiger partial charge on any atom is 0.260 e. The van der Waals surface area contributed by atoms with Crippen LogP contribution >= 0.6 is 0 Å². The van der Waals surface area contributed by atoms with Crippen molar-refractivity contribution in [3.63, 3.8) is 0 Å². The molecule has 2 saturated heterocycles. The zero-order valence-electron chi connectivity index (χ0n) is 16.4. The van der Waals surface area contributed by atoms with E-state index in [1.165, 1.54) is 0 Å². The van der Waals surface area contributed by atoms with E-state index in [1.807, 2.05) is 42.5 Å². The van der Waals surface area contributed by atoms with Crippen molar-refractivity contribution in [1.82, 2.24) is 9.80 Å². The van der Waals surface area contributed by atoms with Crippen molar-refractivity contribution in [2.45, 2.75) is 12.5 Å². The van der Waals surface area contributed by atoms with E-state index in [4.69, 9.17) is 4.74 Å². The first kappa shape index (κ1) is 19.9. The first-order chi connectivity index (χ1) is 14.0. The molecule has 2 aromatic rings. The maximum absolute atomic E-state index is 12.5. The number of piperazine rings is 1. The fourth-order valence-electron chi connectivity index (χ4n) is 4.01. The van der Waals surface area contributed by atoms with Crippen molar-refractivity contribution in [1.29, 1.82) is 0 Å². The zero-order valence-corrected chi connectivity index (χ0v) is 17.2. The van der Waals surface area contributed by atoms with Crippen LogP contribution in [-0.2, 0) is 14.6 Å². The van der Waals surface area contributed by atoms with Crippen LogP contribution in [0.15, 0.2) is 54.6 Å². The normalized spacial score (nSPS) is 21.8. The summed E-state index contributed by atoms with van der Waals surface area (Å²) in [5.41, 5.74) is 2.25. The average Bonchev–Trinajstić information content (AvgIpc) is 3.13. The fourth-order valence-corrected chi connectivity index (χ4v) is 5.77. The van der Waals surface area contributed by atoms with Gasteiger partial charge >= 0.3 is 0 Å². The summed E-state index contributed by atoms with van der Waals surface area (Å²) in [7, 11) is -2.88. The molecule has 2 aliphatic heterocycles. The molecule has 29 heavy (non-hydrogen) atoms. The van der Waals surface area contributed by atoms with Gasteiger partial charge in [0.25, 0.3) is 5.91 Å². The Balaban J connectivity index is 1.24. The Morgan fingerprint density at radius 3 is 2.21 bits per heavy atom. The summed E-state index contributed by atoms with van der Waals surface area (Å²) < 4.78 is 29.0. The topological polar surface area (TPSA) is 66.9 Å². The number of rotatable bonds is 5. The van der Waals surface area contributed by atoms with Gasteiger partial charge in [0, 0.05) is 32.2 Å². The first-order valence-corrected chi connectivity index (χ1v) is 11.8. The van der Waals surface area contributed by atoms with Crippen molar-refractivity contribution < 1.29 is 17.9 Å². The smallest absolute Gasteiger partial charge is 0.260 e. The van der Waals surface area contributed by atoms with Crippen molar-refractivity contribution in [3.05, 3.63) is 54.6 Å². The van der Waals surface area contributed by atoms with E-state index in [9.17, 15) is 13.2 Å². The summed E-state index contributed by atoms with van der Waals surface area (Å²) in [6.45, 7) is 2.69. The van der Waals surface area contributed by atoms with Crippen LogP contribution in [0.4, 0.5) is 0 Å². The molecular weight excluding hydrogens is 388 g/mol. The minimum Gasteiger partial charge on any atom is -0.484 e. The molecule has 0 spiro atoms. The van der Waals surface area contributed by atoms with Crippen LogP contribution in [-0.4, -0.2) is 74.5 Å². The van der Waals surface area contributed by atoms with Gasteiger partial charge in [-0.05, 0) is 29.7 Å². The molecule has 2 aliphatic rings. The fraction of sp³-hybridized carbons (Fsp3) is 0.409. The monoisotopic (exact) mass is 414 g/mol. The third-order valence-electron chi connectivity index (χ3n) is 5.72. The molecule has 0 aliphatic carbocycles. The highest BCUT2D eigenvalue weighted by Crippen LogP contribution is 2.22. The standard InChI is InChI=1S/C22H26N2O4S/c25-22(24-13-11-23(12-14-24)20-10-15-29(26,27)17-20)16-28-21-8-6-19(7-9-21)18-4-2-1-3-5-18/h1-9,20H,10-17H2/t20-/m1/s1. The highest BCUT2D eigenvalue weighted by atomic mass is 32.2. The predicted molar refractivity (Wildman–Crippen MR) is 113 cm³/mol. The number of sulfone groups is 1. The first-order valence-electron chi connectivity index (χ1n) is 10.0. The van der Waals surface area contributed by atoms with Gasteiger partial charge in [0.2, 0.25) is 0 Å². The van der Waals surface area contributed by atoms with Gasteiger partial charge in [-0.3, -0.25) is 9.69 Å². The second-order valence-electron chi connectivity index (χ2n) is 7.65. The number of hydrogen-bond acceptors (Lipinski definition) is 5. The number of carbonyl (C=O) groups is 1. The summed E-state index contributed by atoms with van der Waals surface area (Å²) in [5, 5.41) is 0. The summed E-state index contributed by atoms with van der Waals surface area (Å²) in [6, 6.07) is 18.0. The Bertz CT molecular complexity index is 937. The van der Waals surface area contributed by atoms with Gasteiger partial charge in [0.05, 0.1) is 11.5 Å². The van der Waals surface area contributed by atoms with E-state index >= 15 is 0 Å². The Labute approximate surface area is 172 Å². The minimum absolute atomic E-state index is 0.0164. The van der Waals surface area contributed by atoms with E-state index in [0.717, 1.165) is 24.2 Å². The SMILES string of the molecule is O=C(COc1ccc(-c2ccccc2)cc1)N1CCN([C@@H]2CCS(=O)(=O)C2)CC1. The molecule has 0 radical (unpaired) electrons. The van der Waals surface area contributed by atoms with Gasteiger partial charge in [-0.2, -0.15) is 0 Å². The third kappa shape index (κ3) is 4.97. The maximum atomic E-state index is 12.5. The van der Waals surface area contributed by atoms with Gasteiger partial charge in [-0.1, -0.05) is 42.5 Å². The summed E-state index contributed by atoms with van der Waals surface area (Å²) in [5.74, 6) is 1.18. The summed E-state index contributed by atoms with van der Waals surface area (Å²) >= 11 is 0. The molecule has 0 N–H and O–H groups in total. The van der Waals surface area contributed by atoms with Crippen molar-refractivity contribution in [3.8, 4) is 16.9 Å². The van der Waals surface area contributed by atoms with Crippen LogP contribution in [0.5, 0.6) is 5.75 Å². The molecule has 0 aromatic heterocycles. The van der Waals surface area contributed by atoms with Crippen LogP contribution in [0.2, 0.25) is 0 Å². The third-order valence-corrected chi connectivity index (χ3v) is 7.47. The van der Waals surface area contributed by atoms with Crippen LogP contribution in [0.25, 0.3) is 11.1 Å². The van der Waals surface area contributed by atoms with Crippen molar-refractivity contribution >= 4 is 15.7 Å². The second-order valence-corrected chi connectivity index (χ2v) is 9.88. The Hall–Kier alpha value is -2.38. The highest BCUT2D eigenvalue weighted by Gasteiger charge is 2.34. The quantitative estimate of drug-likeness (QED) is 0.749. The molecule has 2 aromatic carbocycles. The molecular formula is C22H26N2O4S. The van der Waals surface area contributed by atoms with E-state index in [-0.39, 0.29) is 30.1 Å². The lowest BCUT2D eigenvalue weighted by molar-refractivity contribution is -0.135. The Morgan fingerprint density at radius 1 is 0.931 bits per heavy atom. The van der Waals surface area contributed by atoms with Gasteiger partial charge in [-0.25, -0.2) is 8.42 Å². The number of carbonyl (C=O) groups excluding carboxylic acids is 1. The van der Waals surface area contributed by atoms with Gasteiger partial charge < -0.3 is 9.64 Å². The summed E-state index contributed by atoms with van der Waals surface area (Å²) in [4.78, 5) is 16.5. The van der Waals surface area contributed by atoms with E-state index < -0.39 is 9.84 Å². The van der Waals surface area contributed by atoms with Crippen molar-refractivity contribution in [2.75, 3.05) is 44.3 Å². The molecule has 1 amide bonds. The minimum atomic E-state index is -2.88. The molecule has 7 heteroatoms. The predicted octanol–water partition coefficient (Wildman–Crippen LogP) is 2.06. The lowest BCUT2D eigenvalue weighted by atomic mass is 10.1. The van der Waals surface area contributed by atoms with Gasteiger partial charge in [0.15, 0.2) is 16.4 Å². The van der Waals surface area contributed by atoms with E-state index in [2.05, 4.69) is 17.0 Å². The number of benzene rings is 2. The number of nitrogens with zero attached hydrogens (tertiary/aromatic N) is 2. The van der Waals surface area contributed by atoms with E-state index in [1.54, 1.807) is 4.90 Å². The molecule has 6 nitrogen and oxygen atoms in total. The van der Waals surface area contributed by atoms with Crippen molar-refractivity contribution in [2.24, 2.45) is 0 Å². The highest BCUT2D eigenvalue weighted by molar-refractivity contribution is 7.91. The number of amides is 1. The lowest BCUT2D eigenvalue weighted by Gasteiger charge is -2.37. The van der Waals surface area contributed by atoms with Crippen LogP contribution in [0, 0.1) is 0 Å². The lowest BCUT2D eigenvalue weighted by Crippen LogP contribution is -2.53. The molecule has 0 bridgehead atoms. The zero-order chi connectivity index (χ0) is 20.3. The van der Waals surface area contributed by atoms with Gasteiger partial charge in [0.1, 0.15) is 5.75 Å². The molecule has 1 atom stereocenters. The molecule has 0 saturated carbocycles. The average molecular weight is 415 g/mol. The van der Waals surface area contributed by atoms with Crippen LogP contribution in [0.1, 0.15) is 6.42 Å². The summed E-state index contributed by atoms with van der Waals surface area (Å²) in [6.07, 6.45) is 0.707. The van der Waals surface area contributed by atoms with Crippen LogP contribution < -0.4 is 4.74 Å². The molecule has 2 fully saturated rings. The number of ether oxygens (including phenoxy) is 1. The molecule has 154 valence electrons. The second kappa shape index (κ2) is 8.55. The largest absolute Gasteiger partial charge is 0.484 e.